The summed E-state index contributed by atoms with van der Waals surface area (Å²) in [7, 11) is 0. The number of hydrogen-bond donors (Lipinski definition) is 2. The maximum Gasteiger partial charge on any atom is 0.261 e. The molecule has 0 aliphatic carbocycles. The number of aliphatic hydroxyl groups excluding tert-OH is 1. The minimum Gasteiger partial charge on any atom is -0.384 e. The highest BCUT2D eigenvalue weighted by atomic mass is 32.1. The Labute approximate surface area is 131 Å². The number of aliphatic hydroxyl groups is 1. The zero-order valence-corrected chi connectivity index (χ0v) is 13.8. The molecule has 0 saturated carbocycles. The first-order chi connectivity index (χ1) is 10.1. The highest BCUT2D eigenvalue weighted by Gasteiger charge is 2.07. The molecule has 116 valence electrons. The summed E-state index contributed by atoms with van der Waals surface area (Å²) in [6.45, 7) is 5.08. The van der Waals surface area contributed by atoms with Crippen molar-refractivity contribution in [2.45, 2.75) is 46.0 Å². The van der Waals surface area contributed by atoms with Gasteiger partial charge in [-0.15, -0.1) is 11.3 Å². The zero-order chi connectivity index (χ0) is 15.5. The third-order valence-electron chi connectivity index (χ3n) is 3.11. The van der Waals surface area contributed by atoms with Gasteiger partial charge in [-0.3, -0.25) is 4.79 Å². The van der Waals surface area contributed by atoms with E-state index in [1.165, 1.54) is 37.0 Å². The standard InChI is InChI=1S/C17H25NO2S/c1-14(2)8-5-3-4-6-12-18-17(20)16-11-10-15(21-16)9-7-13-19/h10-11,14,19H,3-6,8,12-13H2,1-2H3,(H,18,20). The molecule has 0 spiro atoms. The average Bonchev–Trinajstić information content (AvgIpc) is 2.92. The van der Waals surface area contributed by atoms with Gasteiger partial charge in [-0.25, -0.2) is 0 Å². The summed E-state index contributed by atoms with van der Waals surface area (Å²) in [5, 5.41) is 11.6. The Morgan fingerprint density at radius 1 is 1.29 bits per heavy atom. The van der Waals surface area contributed by atoms with Crippen LogP contribution in [0.3, 0.4) is 0 Å². The van der Waals surface area contributed by atoms with Crippen molar-refractivity contribution in [1.29, 1.82) is 0 Å². The van der Waals surface area contributed by atoms with E-state index in [4.69, 9.17) is 5.11 Å². The molecule has 4 heteroatoms. The van der Waals surface area contributed by atoms with Crippen molar-refractivity contribution < 1.29 is 9.90 Å². The van der Waals surface area contributed by atoms with Crippen molar-refractivity contribution in [3.63, 3.8) is 0 Å². The van der Waals surface area contributed by atoms with E-state index >= 15 is 0 Å². The fraction of sp³-hybridized carbons (Fsp3) is 0.588. The van der Waals surface area contributed by atoms with Crippen molar-refractivity contribution in [1.82, 2.24) is 5.32 Å². The molecule has 2 N–H and O–H groups in total. The van der Waals surface area contributed by atoms with Crippen LogP contribution < -0.4 is 5.32 Å². The number of carbonyl (C=O) groups excluding carboxylic acids is 1. The number of amides is 1. The number of nitrogens with one attached hydrogen (secondary N) is 1. The third kappa shape index (κ3) is 7.89. The van der Waals surface area contributed by atoms with Gasteiger partial charge in [0.05, 0.1) is 9.75 Å². The van der Waals surface area contributed by atoms with Crippen molar-refractivity contribution in [3.8, 4) is 11.8 Å². The summed E-state index contributed by atoms with van der Waals surface area (Å²) < 4.78 is 0. The molecule has 21 heavy (non-hydrogen) atoms. The van der Waals surface area contributed by atoms with Gasteiger partial charge in [-0.2, -0.15) is 0 Å². The summed E-state index contributed by atoms with van der Waals surface area (Å²) in [5.41, 5.74) is 0. The molecule has 1 amide bonds. The van der Waals surface area contributed by atoms with Gasteiger partial charge in [0, 0.05) is 6.54 Å². The Morgan fingerprint density at radius 2 is 2.05 bits per heavy atom. The Balaban J connectivity index is 2.17. The van der Waals surface area contributed by atoms with Gasteiger partial charge in [0.25, 0.3) is 5.91 Å². The molecule has 0 aromatic carbocycles. The van der Waals surface area contributed by atoms with Crippen LogP contribution in [0.1, 0.15) is 60.5 Å². The second-order valence-electron chi connectivity index (χ2n) is 5.48. The quantitative estimate of drug-likeness (QED) is 0.571. The summed E-state index contributed by atoms with van der Waals surface area (Å²) in [5.74, 6) is 6.14. The first kappa shape index (κ1) is 17.7. The van der Waals surface area contributed by atoms with E-state index in [0.29, 0.717) is 4.88 Å². The van der Waals surface area contributed by atoms with Crippen LogP contribution in [0.5, 0.6) is 0 Å². The number of thiophene rings is 1. The Kier molecular flexibility index (Phi) is 8.80. The van der Waals surface area contributed by atoms with Crippen LogP contribution in [-0.2, 0) is 0 Å². The summed E-state index contributed by atoms with van der Waals surface area (Å²) in [6, 6.07) is 3.60. The van der Waals surface area contributed by atoms with E-state index < -0.39 is 0 Å². The molecule has 0 bridgehead atoms. The largest absolute Gasteiger partial charge is 0.384 e. The van der Waals surface area contributed by atoms with E-state index in [0.717, 1.165) is 23.8 Å². The summed E-state index contributed by atoms with van der Waals surface area (Å²) >= 11 is 1.36. The highest BCUT2D eigenvalue weighted by Crippen LogP contribution is 2.15. The van der Waals surface area contributed by atoms with Crippen LogP contribution in [0.25, 0.3) is 0 Å². The summed E-state index contributed by atoms with van der Waals surface area (Å²) in [4.78, 5) is 13.4. The minimum atomic E-state index is -0.157. The van der Waals surface area contributed by atoms with E-state index in [1.54, 1.807) is 6.07 Å². The lowest BCUT2D eigenvalue weighted by Crippen LogP contribution is -2.23. The second-order valence-corrected chi connectivity index (χ2v) is 6.56. The van der Waals surface area contributed by atoms with Crippen LogP contribution in [0.2, 0.25) is 0 Å². The molecule has 1 heterocycles. The average molecular weight is 307 g/mol. The van der Waals surface area contributed by atoms with E-state index in [1.807, 2.05) is 6.07 Å². The molecule has 1 rings (SSSR count). The number of unbranched alkanes of at least 4 members (excludes halogenated alkanes) is 3. The summed E-state index contributed by atoms with van der Waals surface area (Å²) in [6.07, 6.45) is 6.02. The molecule has 0 radical (unpaired) electrons. The minimum absolute atomic E-state index is 0.0285. The van der Waals surface area contributed by atoms with Gasteiger partial charge in [0.1, 0.15) is 6.61 Å². The van der Waals surface area contributed by atoms with Gasteiger partial charge in [0.15, 0.2) is 0 Å². The van der Waals surface area contributed by atoms with Gasteiger partial charge in [-0.05, 0) is 24.5 Å². The van der Waals surface area contributed by atoms with Crippen LogP contribution in [-0.4, -0.2) is 24.2 Å². The molecule has 0 aliphatic rings. The normalized spacial score (nSPS) is 10.3. The predicted molar refractivity (Wildman–Crippen MR) is 88.5 cm³/mol. The van der Waals surface area contributed by atoms with Crippen LogP contribution in [0, 0.1) is 17.8 Å². The first-order valence-corrected chi connectivity index (χ1v) is 8.43. The van der Waals surface area contributed by atoms with Crippen molar-refractivity contribution >= 4 is 17.2 Å². The molecule has 0 fully saturated rings. The van der Waals surface area contributed by atoms with Gasteiger partial charge < -0.3 is 10.4 Å². The maximum atomic E-state index is 11.9. The lowest BCUT2D eigenvalue weighted by atomic mass is 10.0. The SMILES string of the molecule is CC(C)CCCCCCNC(=O)c1ccc(C#CCO)s1. The third-order valence-corrected chi connectivity index (χ3v) is 4.11. The van der Waals surface area contributed by atoms with E-state index in [9.17, 15) is 4.79 Å². The molecule has 1 aromatic heterocycles. The lowest BCUT2D eigenvalue weighted by molar-refractivity contribution is 0.0957. The van der Waals surface area contributed by atoms with Crippen molar-refractivity contribution in [2.24, 2.45) is 5.92 Å². The highest BCUT2D eigenvalue weighted by molar-refractivity contribution is 7.14. The van der Waals surface area contributed by atoms with Crippen molar-refractivity contribution in [2.75, 3.05) is 13.2 Å². The first-order valence-electron chi connectivity index (χ1n) is 7.61. The molecule has 0 atom stereocenters. The topological polar surface area (TPSA) is 49.3 Å². The number of carbonyl (C=O) groups is 1. The molecule has 0 aliphatic heterocycles. The maximum absolute atomic E-state index is 11.9. The lowest BCUT2D eigenvalue weighted by Gasteiger charge is -2.05. The smallest absolute Gasteiger partial charge is 0.261 e. The predicted octanol–water partition coefficient (Wildman–Crippen LogP) is 3.43. The fourth-order valence-electron chi connectivity index (χ4n) is 1.97. The van der Waals surface area contributed by atoms with Crippen LogP contribution in [0.15, 0.2) is 12.1 Å². The monoisotopic (exact) mass is 307 g/mol. The molecular weight excluding hydrogens is 282 g/mol. The molecular formula is C17H25NO2S. The van der Waals surface area contributed by atoms with E-state index in [-0.39, 0.29) is 12.5 Å². The van der Waals surface area contributed by atoms with E-state index in [2.05, 4.69) is 31.0 Å². The molecule has 0 saturated heterocycles. The van der Waals surface area contributed by atoms with Gasteiger partial charge in [0.2, 0.25) is 0 Å². The van der Waals surface area contributed by atoms with Gasteiger partial charge in [-0.1, -0.05) is 51.4 Å². The zero-order valence-electron chi connectivity index (χ0n) is 12.9. The van der Waals surface area contributed by atoms with Crippen LogP contribution >= 0.6 is 11.3 Å². The Hall–Kier alpha value is -1.31. The van der Waals surface area contributed by atoms with Gasteiger partial charge >= 0.3 is 0 Å². The number of rotatable bonds is 8. The fourth-order valence-corrected chi connectivity index (χ4v) is 2.77. The Morgan fingerprint density at radius 3 is 2.76 bits per heavy atom. The van der Waals surface area contributed by atoms with Crippen molar-refractivity contribution in [3.05, 3.63) is 21.9 Å². The molecule has 3 nitrogen and oxygen atoms in total. The molecule has 1 aromatic rings. The molecule has 0 unspecified atom stereocenters. The number of hydrogen-bond acceptors (Lipinski definition) is 3. The van der Waals surface area contributed by atoms with Crippen LogP contribution in [0.4, 0.5) is 0 Å². The Bertz CT molecular complexity index is 482. The second kappa shape index (κ2) is 10.4.